The largest absolute Gasteiger partial charge is 0.393 e. The lowest BCUT2D eigenvalue weighted by atomic mass is 10.2. The van der Waals surface area contributed by atoms with Crippen LogP contribution in [0.1, 0.15) is 0 Å². The Labute approximate surface area is 113 Å². The highest BCUT2D eigenvalue weighted by Gasteiger charge is 2.11. The third-order valence-corrected chi connectivity index (χ3v) is 2.66. The fourth-order valence-corrected chi connectivity index (χ4v) is 1.57. The highest BCUT2D eigenvalue weighted by molar-refractivity contribution is 6.32. The van der Waals surface area contributed by atoms with Gasteiger partial charge in [-0.05, 0) is 24.3 Å². The molecule has 0 amide bonds. The van der Waals surface area contributed by atoms with Gasteiger partial charge in [0.25, 0.3) is 5.69 Å². The van der Waals surface area contributed by atoms with Gasteiger partial charge in [0.15, 0.2) is 0 Å². The quantitative estimate of drug-likeness (QED) is 0.393. The molecule has 0 aliphatic carbocycles. The van der Waals surface area contributed by atoms with E-state index in [1.54, 1.807) is 30.3 Å². The number of rotatable bonds is 3. The Bertz CT molecular complexity index is 658. The predicted molar refractivity (Wildman–Crippen MR) is 73.1 cm³/mol. The summed E-state index contributed by atoms with van der Waals surface area (Å²) in [5.74, 6) is 0. The summed E-state index contributed by atoms with van der Waals surface area (Å²) in [5.41, 5.74) is 6.20. The number of nitrogen functional groups attached to an aromatic ring is 1. The minimum Gasteiger partial charge on any atom is -0.393 e. The number of benzene rings is 2. The van der Waals surface area contributed by atoms with Gasteiger partial charge in [-0.1, -0.05) is 23.7 Å². The van der Waals surface area contributed by atoms with Gasteiger partial charge in [-0.25, -0.2) is 0 Å². The lowest BCUT2D eigenvalue weighted by Crippen LogP contribution is -1.94. The molecule has 0 aromatic heterocycles. The highest BCUT2D eigenvalue weighted by atomic mass is 35.5. The van der Waals surface area contributed by atoms with Crippen molar-refractivity contribution in [2.45, 2.75) is 0 Å². The maximum absolute atomic E-state index is 10.7. The summed E-state index contributed by atoms with van der Waals surface area (Å²) in [6, 6.07) is 11.1. The van der Waals surface area contributed by atoms with Crippen molar-refractivity contribution < 1.29 is 4.92 Å². The van der Waals surface area contributed by atoms with Gasteiger partial charge in [0.1, 0.15) is 11.4 Å². The standard InChI is InChI=1S/C12H9ClN4O2/c13-9-3-1-2-4-11(9)16-15-8-5-6-10(14)12(7-8)17(18)19/h1-7H,14H2. The van der Waals surface area contributed by atoms with Gasteiger partial charge in [-0.2, -0.15) is 5.11 Å². The van der Waals surface area contributed by atoms with Crippen LogP contribution in [0.5, 0.6) is 0 Å². The summed E-state index contributed by atoms with van der Waals surface area (Å²) in [5, 5.41) is 19.0. The van der Waals surface area contributed by atoms with E-state index in [-0.39, 0.29) is 11.4 Å². The average Bonchev–Trinajstić information content (AvgIpc) is 2.39. The Kier molecular flexibility index (Phi) is 3.72. The second-order valence-electron chi connectivity index (χ2n) is 3.65. The second kappa shape index (κ2) is 5.45. The van der Waals surface area contributed by atoms with Gasteiger partial charge in [0, 0.05) is 6.07 Å². The maximum Gasteiger partial charge on any atom is 0.294 e. The van der Waals surface area contributed by atoms with Crippen molar-refractivity contribution in [3.8, 4) is 0 Å². The molecule has 96 valence electrons. The van der Waals surface area contributed by atoms with E-state index < -0.39 is 4.92 Å². The minimum atomic E-state index is -0.566. The monoisotopic (exact) mass is 276 g/mol. The molecule has 2 aromatic rings. The molecule has 0 aliphatic rings. The number of nitrogens with two attached hydrogens (primary N) is 1. The zero-order chi connectivity index (χ0) is 13.8. The Morgan fingerprint density at radius 2 is 1.89 bits per heavy atom. The first kappa shape index (κ1) is 13.0. The van der Waals surface area contributed by atoms with Gasteiger partial charge in [-0.15, -0.1) is 5.11 Å². The third kappa shape index (κ3) is 3.05. The molecule has 2 aromatic carbocycles. The van der Waals surface area contributed by atoms with Crippen molar-refractivity contribution >= 4 is 34.4 Å². The Hall–Kier alpha value is -2.47. The van der Waals surface area contributed by atoms with E-state index in [1.165, 1.54) is 12.1 Å². The van der Waals surface area contributed by atoms with Crippen molar-refractivity contribution in [1.82, 2.24) is 0 Å². The molecule has 0 bridgehead atoms. The van der Waals surface area contributed by atoms with Gasteiger partial charge in [0.05, 0.1) is 15.6 Å². The van der Waals surface area contributed by atoms with Crippen LogP contribution in [0.15, 0.2) is 52.7 Å². The molecule has 0 heterocycles. The molecular formula is C12H9ClN4O2. The second-order valence-corrected chi connectivity index (χ2v) is 4.06. The molecule has 0 unspecified atom stereocenters. The first-order chi connectivity index (χ1) is 9.08. The molecule has 0 saturated carbocycles. The number of hydrogen-bond donors (Lipinski definition) is 1. The molecule has 19 heavy (non-hydrogen) atoms. The summed E-state index contributed by atoms with van der Waals surface area (Å²) < 4.78 is 0. The van der Waals surface area contributed by atoms with Crippen LogP contribution in [-0.2, 0) is 0 Å². The molecule has 0 radical (unpaired) electrons. The Balaban J connectivity index is 2.32. The smallest absolute Gasteiger partial charge is 0.294 e. The van der Waals surface area contributed by atoms with Crippen molar-refractivity contribution in [2.75, 3.05) is 5.73 Å². The van der Waals surface area contributed by atoms with Crippen LogP contribution < -0.4 is 5.73 Å². The minimum absolute atomic E-state index is 0.0849. The Morgan fingerprint density at radius 3 is 2.58 bits per heavy atom. The van der Waals surface area contributed by atoms with Crippen LogP contribution in [0.4, 0.5) is 22.7 Å². The zero-order valence-electron chi connectivity index (χ0n) is 9.65. The maximum atomic E-state index is 10.7. The summed E-state index contributed by atoms with van der Waals surface area (Å²) >= 11 is 5.92. The number of nitrogens with zero attached hydrogens (tertiary/aromatic N) is 3. The van der Waals surface area contributed by atoms with Gasteiger partial charge < -0.3 is 5.73 Å². The lowest BCUT2D eigenvalue weighted by molar-refractivity contribution is -0.383. The number of azo groups is 1. The third-order valence-electron chi connectivity index (χ3n) is 2.34. The van der Waals surface area contributed by atoms with Crippen molar-refractivity contribution in [1.29, 1.82) is 0 Å². The summed E-state index contributed by atoms with van der Waals surface area (Å²) in [6.45, 7) is 0. The van der Waals surface area contributed by atoms with Gasteiger partial charge in [0.2, 0.25) is 0 Å². The van der Waals surface area contributed by atoms with E-state index >= 15 is 0 Å². The summed E-state index contributed by atoms with van der Waals surface area (Å²) in [7, 11) is 0. The predicted octanol–water partition coefficient (Wildman–Crippen LogP) is 4.25. The van der Waals surface area contributed by atoms with Crippen molar-refractivity contribution in [3.05, 3.63) is 57.6 Å². The normalized spacial score (nSPS) is 10.8. The number of anilines is 1. The molecule has 0 aliphatic heterocycles. The van der Waals surface area contributed by atoms with Gasteiger partial charge in [-0.3, -0.25) is 10.1 Å². The van der Waals surface area contributed by atoms with Crippen LogP contribution in [-0.4, -0.2) is 4.92 Å². The van der Waals surface area contributed by atoms with E-state index in [2.05, 4.69) is 10.2 Å². The summed E-state index contributed by atoms with van der Waals surface area (Å²) in [4.78, 5) is 10.2. The van der Waals surface area contributed by atoms with Crippen molar-refractivity contribution in [3.63, 3.8) is 0 Å². The molecule has 0 saturated heterocycles. The zero-order valence-corrected chi connectivity index (χ0v) is 10.4. The average molecular weight is 277 g/mol. The molecule has 6 nitrogen and oxygen atoms in total. The van der Waals surface area contributed by atoms with Crippen LogP contribution in [0.2, 0.25) is 5.02 Å². The van der Waals surface area contributed by atoms with Crippen molar-refractivity contribution in [2.24, 2.45) is 10.2 Å². The summed E-state index contributed by atoms with van der Waals surface area (Å²) in [6.07, 6.45) is 0. The topological polar surface area (TPSA) is 93.9 Å². The fourth-order valence-electron chi connectivity index (χ4n) is 1.40. The Morgan fingerprint density at radius 1 is 1.16 bits per heavy atom. The molecular weight excluding hydrogens is 268 g/mol. The molecule has 0 spiro atoms. The SMILES string of the molecule is Nc1ccc(N=Nc2ccccc2Cl)cc1[N+](=O)[O-]. The van der Waals surface area contributed by atoms with E-state index in [1.807, 2.05) is 0 Å². The fraction of sp³-hybridized carbons (Fsp3) is 0. The number of hydrogen-bond acceptors (Lipinski definition) is 5. The first-order valence-electron chi connectivity index (χ1n) is 5.28. The molecule has 0 fully saturated rings. The lowest BCUT2D eigenvalue weighted by Gasteiger charge is -1.98. The van der Waals surface area contributed by atoms with Crippen LogP contribution in [0.3, 0.4) is 0 Å². The van der Waals surface area contributed by atoms with E-state index in [0.29, 0.717) is 16.4 Å². The molecule has 7 heteroatoms. The first-order valence-corrected chi connectivity index (χ1v) is 5.66. The van der Waals surface area contributed by atoms with Crippen LogP contribution in [0, 0.1) is 10.1 Å². The van der Waals surface area contributed by atoms with E-state index in [4.69, 9.17) is 17.3 Å². The number of nitro groups is 1. The number of halogens is 1. The van der Waals surface area contributed by atoms with Gasteiger partial charge >= 0.3 is 0 Å². The van der Waals surface area contributed by atoms with E-state index in [9.17, 15) is 10.1 Å². The molecule has 0 atom stereocenters. The van der Waals surface area contributed by atoms with Crippen LogP contribution >= 0.6 is 11.6 Å². The van der Waals surface area contributed by atoms with E-state index in [0.717, 1.165) is 0 Å². The highest BCUT2D eigenvalue weighted by Crippen LogP contribution is 2.29. The number of nitro benzene ring substituents is 1. The van der Waals surface area contributed by atoms with Crippen LogP contribution in [0.25, 0.3) is 0 Å². The molecule has 2 rings (SSSR count). The molecule has 2 N–H and O–H groups in total.